The standard InChI is InChI=1S/C17H15N3O5/c1-10-6-13(4-5-15(10)20(23)24)25-9-16(21)19-12-3-2-11-8-18-17(22)14(11)7-12/h2-7H,8-9H2,1H3,(H,18,22)(H,19,21). The monoisotopic (exact) mass is 341 g/mol. The molecule has 0 saturated carbocycles. The third-order valence-corrected chi connectivity index (χ3v) is 3.81. The molecule has 2 aromatic rings. The van der Waals surface area contributed by atoms with E-state index in [2.05, 4.69) is 10.6 Å². The second-order valence-electron chi connectivity index (χ2n) is 5.60. The summed E-state index contributed by atoms with van der Waals surface area (Å²) in [5.41, 5.74) is 2.38. The molecule has 2 aromatic carbocycles. The van der Waals surface area contributed by atoms with Gasteiger partial charge in [-0.05, 0) is 36.8 Å². The third-order valence-electron chi connectivity index (χ3n) is 3.81. The van der Waals surface area contributed by atoms with Crippen molar-refractivity contribution in [1.29, 1.82) is 0 Å². The fraction of sp³-hybridized carbons (Fsp3) is 0.176. The number of nitrogens with one attached hydrogen (secondary N) is 2. The van der Waals surface area contributed by atoms with Gasteiger partial charge in [0.25, 0.3) is 17.5 Å². The number of amides is 2. The van der Waals surface area contributed by atoms with Crippen LogP contribution in [0.5, 0.6) is 5.75 Å². The van der Waals surface area contributed by atoms with Gasteiger partial charge in [0.1, 0.15) is 5.75 Å². The molecule has 0 bridgehead atoms. The van der Waals surface area contributed by atoms with Crippen molar-refractivity contribution in [1.82, 2.24) is 5.32 Å². The van der Waals surface area contributed by atoms with Crippen molar-refractivity contribution in [3.63, 3.8) is 0 Å². The lowest BCUT2D eigenvalue weighted by Crippen LogP contribution is -2.20. The zero-order valence-corrected chi connectivity index (χ0v) is 13.4. The summed E-state index contributed by atoms with van der Waals surface area (Å²) in [6.07, 6.45) is 0. The van der Waals surface area contributed by atoms with E-state index in [-0.39, 0.29) is 18.2 Å². The Morgan fingerprint density at radius 2 is 2.12 bits per heavy atom. The van der Waals surface area contributed by atoms with Crippen molar-refractivity contribution in [2.45, 2.75) is 13.5 Å². The second kappa shape index (κ2) is 6.60. The molecule has 0 saturated heterocycles. The van der Waals surface area contributed by atoms with E-state index in [1.165, 1.54) is 18.2 Å². The van der Waals surface area contributed by atoms with Gasteiger partial charge in [-0.25, -0.2) is 0 Å². The lowest BCUT2D eigenvalue weighted by molar-refractivity contribution is -0.385. The summed E-state index contributed by atoms with van der Waals surface area (Å²) in [5.74, 6) is -0.190. The van der Waals surface area contributed by atoms with Gasteiger partial charge in [0, 0.05) is 29.4 Å². The highest BCUT2D eigenvalue weighted by atomic mass is 16.6. The largest absolute Gasteiger partial charge is 0.484 e. The number of nitrogens with zero attached hydrogens (tertiary/aromatic N) is 1. The number of hydrogen-bond acceptors (Lipinski definition) is 5. The van der Waals surface area contributed by atoms with Crippen molar-refractivity contribution in [3.8, 4) is 5.75 Å². The predicted molar refractivity (Wildman–Crippen MR) is 89.6 cm³/mol. The molecule has 0 aromatic heterocycles. The average molecular weight is 341 g/mol. The summed E-state index contributed by atoms with van der Waals surface area (Å²) in [6.45, 7) is 1.84. The lowest BCUT2D eigenvalue weighted by Gasteiger charge is -2.09. The molecule has 8 heteroatoms. The number of ether oxygens (including phenoxy) is 1. The third kappa shape index (κ3) is 3.57. The van der Waals surface area contributed by atoms with Crippen molar-refractivity contribution < 1.29 is 19.2 Å². The Morgan fingerprint density at radius 3 is 2.84 bits per heavy atom. The van der Waals surface area contributed by atoms with E-state index >= 15 is 0 Å². The molecule has 1 heterocycles. The number of anilines is 1. The smallest absolute Gasteiger partial charge is 0.272 e. The number of fused-ring (bicyclic) bond motifs is 1. The number of carbonyl (C=O) groups is 2. The maximum Gasteiger partial charge on any atom is 0.272 e. The molecule has 3 rings (SSSR count). The first-order chi connectivity index (χ1) is 11.9. The fourth-order valence-electron chi connectivity index (χ4n) is 2.56. The molecule has 0 spiro atoms. The highest BCUT2D eigenvalue weighted by molar-refractivity contribution is 6.00. The molecule has 0 unspecified atom stereocenters. The zero-order chi connectivity index (χ0) is 18.0. The Hall–Kier alpha value is -3.42. The van der Waals surface area contributed by atoms with Gasteiger partial charge >= 0.3 is 0 Å². The minimum Gasteiger partial charge on any atom is -0.484 e. The van der Waals surface area contributed by atoms with Gasteiger partial charge in [-0.2, -0.15) is 0 Å². The molecule has 8 nitrogen and oxygen atoms in total. The van der Waals surface area contributed by atoms with E-state index < -0.39 is 10.8 Å². The maximum absolute atomic E-state index is 12.0. The molecule has 25 heavy (non-hydrogen) atoms. The van der Waals surface area contributed by atoms with E-state index in [4.69, 9.17) is 4.74 Å². The molecule has 1 aliphatic heterocycles. The first-order valence-corrected chi connectivity index (χ1v) is 7.53. The van der Waals surface area contributed by atoms with Crippen molar-refractivity contribution in [2.75, 3.05) is 11.9 Å². The molecule has 2 N–H and O–H groups in total. The highest BCUT2D eigenvalue weighted by Crippen LogP contribution is 2.23. The molecule has 0 radical (unpaired) electrons. The van der Waals surface area contributed by atoms with Gasteiger partial charge in [-0.1, -0.05) is 6.07 Å². The highest BCUT2D eigenvalue weighted by Gasteiger charge is 2.19. The number of benzene rings is 2. The van der Waals surface area contributed by atoms with Gasteiger partial charge in [0.05, 0.1) is 4.92 Å². The molecular weight excluding hydrogens is 326 g/mol. The summed E-state index contributed by atoms with van der Waals surface area (Å²) in [7, 11) is 0. The van der Waals surface area contributed by atoms with E-state index in [0.29, 0.717) is 29.1 Å². The van der Waals surface area contributed by atoms with Crippen LogP contribution in [-0.2, 0) is 11.3 Å². The van der Waals surface area contributed by atoms with E-state index in [9.17, 15) is 19.7 Å². The summed E-state index contributed by atoms with van der Waals surface area (Å²) in [4.78, 5) is 33.9. The molecule has 128 valence electrons. The van der Waals surface area contributed by atoms with Gasteiger partial charge in [0.15, 0.2) is 6.61 Å². The Bertz CT molecular complexity index is 879. The van der Waals surface area contributed by atoms with E-state index in [0.717, 1.165) is 5.56 Å². The minimum absolute atomic E-state index is 0.00628. The molecule has 0 aliphatic carbocycles. The number of rotatable bonds is 5. The lowest BCUT2D eigenvalue weighted by atomic mass is 10.1. The van der Waals surface area contributed by atoms with Gasteiger partial charge in [-0.15, -0.1) is 0 Å². The first kappa shape index (κ1) is 16.4. The van der Waals surface area contributed by atoms with Crippen molar-refractivity contribution >= 4 is 23.2 Å². The number of nitro groups is 1. The zero-order valence-electron chi connectivity index (χ0n) is 13.4. The van der Waals surface area contributed by atoms with E-state index in [1.54, 1.807) is 25.1 Å². The fourth-order valence-corrected chi connectivity index (χ4v) is 2.56. The van der Waals surface area contributed by atoms with Gasteiger partial charge < -0.3 is 15.4 Å². The van der Waals surface area contributed by atoms with Crippen LogP contribution in [0.4, 0.5) is 11.4 Å². The average Bonchev–Trinajstić information content (AvgIpc) is 2.93. The Morgan fingerprint density at radius 1 is 1.32 bits per heavy atom. The van der Waals surface area contributed by atoms with E-state index in [1.807, 2.05) is 0 Å². The van der Waals surface area contributed by atoms with Crippen LogP contribution in [0, 0.1) is 17.0 Å². The molecule has 2 amide bonds. The number of nitro benzene ring substituents is 1. The molecular formula is C17H15N3O5. The summed E-state index contributed by atoms with van der Waals surface area (Å²) in [5, 5.41) is 16.1. The van der Waals surface area contributed by atoms with Crippen LogP contribution in [-0.4, -0.2) is 23.3 Å². The minimum atomic E-state index is -0.476. The maximum atomic E-state index is 12.0. The quantitative estimate of drug-likeness (QED) is 0.639. The Kier molecular flexibility index (Phi) is 4.34. The summed E-state index contributed by atoms with van der Waals surface area (Å²) >= 11 is 0. The van der Waals surface area contributed by atoms with Crippen LogP contribution < -0.4 is 15.4 Å². The van der Waals surface area contributed by atoms with Crippen LogP contribution >= 0.6 is 0 Å². The number of hydrogen-bond donors (Lipinski definition) is 2. The van der Waals surface area contributed by atoms with Crippen LogP contribution in [0.25, 0.3) is 0 Å². The number of carbonyl (C=O) groups excluding carboxylic acids is 2. The topological polar surface area (TPSA) is 111 Å². The predicted octanol–water partition coefficient (Wildman–Crippen LogP) is 2.16. The normalized spacial score (nSPS) is 12.3. The first-order valence-electron chi connectivity index (χ1n) is 7.53. The van der Waals surface area contributed by atoms with Crippen LogP contribution in [0.1, 0.15) is 21.5 Å². The second-order valence-corrected chi connectivity index (χ2v) is 5.60. The Labute approximate surface area is 142 Å². The van der Waals surface area contributed by atoms with Crippen LogP contribution in [0.2, 0.25) is 0 Å². The molecule has 0 fully saturated rings. The number of aryl methyl sites for hydroxylation is 1. The summed E-state index contributed by atoms with van der Waals surface area (Å²) in [6, 6.07) is 9.40. The molecule has 0 atom stereocenters. The van der Waals surface area contributed by atoms with Crippen LogP contribution in [0.15, 0.2) is 36.4 Å². The van der Waals surface area contributed by atoms with Crippen molar-refractivity contribution in [3.05, 3.63) is 63.2 Å². The van der Waals surface area contributed by atoms with Crippen molar-refractivity contribution in [2.24, 2.45) is 0 Å². The summed E-state index contributed by atoms with van der Waals surface area (Å²) < 4.78 is 5.36. The Balaban J connectivity index is 1.60. The van der Waals surface area contributed by atoms with Gasteiger partial charge in [0.2, 0.25) is 0 Å². The van der Waals surface area contributed by atoms with Gasteiger partial charge in [-0.3, -0.25) is 19.7 Å². The SMILES string of the molecule is Cc1cc(OCC(=O)Nc2ccc3c(c2)C(=O)NC3)ccc1[N+](=O)[O-]. The molecule has 1 aliphatic rings. The van der Waals surface area contributed by atoms with Crippen LogP contribution in [0.3, 0.4) is 0 Å².